The van der Waals surface area contributed by atoms with E-state index in [1.54, 1.807) is 32.4 Å². The van der Waals surface area contributed by atoms with Crippen LogP contribution >= 0.6 is 11.3 Å². The van der Waals surface area contributed by atoms with E-state index in [9.17, 15) is 9.90 Å². The van der Waals surface area contributed by atoms with Crippen molar-refractivity contribution >= 4 is 17.3 Å². The van der Waals surface area contributed by atoms with Crippen molar-refractivity contribution in [3.05, 3.63) is 39.7 Å². The number of methoxy groups -OCH3 is 2. The van der Waals surface area contributed by atoms with Crippen LogP contribution < -0.4 is 0 Å². The zero-order chi connectivity index (χ0) is 15.4. The number of aromatic nitrogens is 1. The molecule has 0 aliphatic heterocycles. The maximum absolute atomic E-state index is 11.4. The molecular formula is C15H17NO4S. The molecular weight excluding hydrogens is 290 g/mol. The fourth-order valence-electron chi connectivity index (χ4n) is 2.11. The van der Waals surface area contributed by atoms with Gasteiger partial charge in [0, 0.05) is 31.1 Å². The summed E-state index contributed by atoms with van der Waals surface area (Å²) in [6.07, 6.45) is 0.155. The Morgan fingerprint density at radius 1 is 1.33 bits per heavy atom. The average molecular weight is 307 g/mol. The molecule has 5 nitrogen and oxygen atoms in total. The Morgan fingerprint density at radius 3 is 2.62 bits per heavy atom. The third-order valence-electron chi connectivity index (χ3n) is 3.09. The average Bonchev–Trinajstić information content (AvgIpc) is 2.85. The normalized spacial score (nSPS) is 11.0. The molecule has 1 aromatic carbocycles. The second-order valence-corrected chi connectivity index (χ2v) is 5.75. The van der Waals surface area contributed by atoms with E-state index >= 15 is 0 Å². The van der Waals surface area contributed by atoms with Gasteiger partial charge in [-0.2, -0.15) is 0 Å². The van der Waals surface area contributed by atoms with Crippen LogP contribution in [0.4, 0.5) is 0 Å². The van der Waals surface area contributed by atoms with Gasteiger partial charge < -0.3 is 14.6 Å². The van der Waals surface area contributed by atoms with Gasteiger partial charge in [0.2, 0.25) is 0 Å². The molecule has 1 N–H and O–H groups in total. The van der Waals surface area contributed by atoms with Crippen LogP contribution in [0, 0.1) is 6.92 Å². The van der Waals surface area contributed by atoms with Crippen LogP contribution in [0.15, 0.2) is 24.3 Å². The molecule has 0 bridgehead atoms. The zero-order valence-electron chi connectivity index (χ0n) is 12.1. The smallest absolute Gasteiger partial charge is 0.336 e. The lowest BCUT2D eigenvalue weighted by molar-refractivity contribution is -0.0997. The number of rotatable bonds is 6. The number of carbonyl (C=O) groups is 1. The molecule has 2 aromatic rings. The molecule has 0 unspecified atom stereocenters. The van der Waals surface area contributed by atoms with E-state index in [1.807, 2.05) is 13.0 Å². The maximum Gasteiger partial charge on any atom is 0.336 e. The minimum atomic E-state index is -0.961. The number of aryl methyl sites for hydroxylation is 1. The summed E-state index contributed by atoms with van der Waals surface area (Å²) >= 11 is 1.52. The van der Waals surface area contributed by atoms with Crippen molar-refractivity contribution in [1.82, 2.24) is 4.98 Å². The summed E-state index contributed by atoms with van der Waals surface area (Å²) in [5.74, 6) is -0.961. The first kappa shape index (κ1) is 15.6. The molecule has 0 fully saturated rings. The summed E-state index contributed by atoms with van der Waals surface area (Å²) in [7, 11) is 3.15. The van der Waals surface area contributed by atoms with Crippen molar-refractivity contribution in [1.29, 1.82) is 0 Å². The lowest BCUT2D eigenvalue weighted by atomic mass is 10.0. The number of nitrogens with zero attached hydrogens (tertiary/aromatic N) is 1. The first-order valence-corrected chi connectivity index (χ1v) is 7.23. The molecule has 0 radical (unpaired) electrons. The number of aromatic carboxylic acids is 1. The number of carboxylic acids is 1. The van der Waals surface area contributed by atoms with Crippen molar-refractivity contribution < 1.29 is 19.4 Å². The van der Waals surface area contributed by atoms with E-state index in [0.29, 0.717) is 17.7 Å². The van der Waals surface area contributed by atoms with Gasteiger partial charge in [-0.05, 0) is 13.0 Å². The number of ether oxygens (including phenoxy) is 2. The fraction of sp³-hybridized carbons (Fsp3) is 0.333. The molecule has 0 aliphatic carbocycles. The van der Waals surface area contributed by atoms with E-state index < -0.39 is 5.97 Å². The second kappa shape index (κ2) is 6.80. The highest BCUT2D eigenvalue weighted by Crippen LogP contribution is 2.31. The van der Waals surface area contributed by atoms with Crippen LogP contribution in [0.5, 0.6) is 0 Å². The van der Waals surface area contributed by atoms with E-state index in [-0.39, 0.29) is 11.9 Å². The summed E-state index contributed by atoms with van der Waals surface area (Å²) in [5.41, 5.74) is 1.56. The zero-order valence-corrected chi connectivity index (χ0v) is 12.9. The first-order valence-electron chi connectivity index (χ1n) is 6.41. The van der Waals surface area contributed by atoms with Crippen LogP contribution in [0.25, 0.3) is 11.3 Å². The number of benzene rings is 1. The number of hydrogen-bond acceptors (Lipinski definition) is 5. The Morgan fingerprint density at radius 2 is 2.00 bits per heavy atom. The lowest BCUT2D eigenvalue weighted by Gasteiger charge is -2.13. The first-order chi connectivity index (χ1) is 10.1. The van der Waals surface area contributed by atoms with E-state index in [0.717, 1.165) is 9.88 Å². The standard InChI is InChI=1S/C15H17NO4S/c1-9-16-14(12(21-9)8-13(19-2)20-3)10-6-4-5-7-11(10)15(17)18/h4-7,13H,8H2,1-3H3,(H,17,18). The van der Waals surface area contributed by atoms with Crippen molar-refractivity contribution in [3.63, 3.8) is 0 Å². The monoisotopic (exact) mass is 307 g/mol. The summed E-state index contributed by atoms with van der Waals surface area (Å²) in [6.45, 7) is 1.90. The molecule has 1 heterocycles. The lowest BCUT2D eigenvalue weighted by Crippen LogP contribution is -2.16. The van der Waals surface area contributed by atoms with Crippen LogP contribution in [0.1, 0.15) is 20.2 Å². The molecule has 0 atom stereocenters. The molecule has 0 aliphatic rings. The van der Waals surface area contributed by atoms with Gasteiger partial charge in [-0.25, -0.2) is 9.78 Å². The van der Waals surface area contributed by atoms with Crippen molar-refractivity contribution in [2.24, 2.45) is 0 Å². The van der Waals surface area contributed by atoms with Gasteiger partial charge in [0.05, 0.1) is 16.3 Å². The Kier molecular flexibility index (Phi) is 5.06. The van der Waals surface area contributed by atoms with Crippen molar-refractivity contribution in [3.8, 4) is 11.3 Å². The van der Waals surface area contributed by atoms with Crippen LogP contribution in [0.3, 0.4) is 0 Å². The molecule has 6 heteroatoms. The predicted octanol–water partition coefficient (Wildman–Crippen LogP) is 2.98. The van der Waals surface area contributed by atoms with Gasteiger partial charge in [-0.3, -0.25) is 0 Å². The quantitative estimate of drug-likeness (QED) is 0.831. The summed E-state index contributed by atoms with van der Waals surface area (Å²) in [5, 5.41) is 10.2. The Hall–Kier alpha value is -1.76. The van der Waals surface area contributed by atoms with Crippen LogP contribution in [-0.4, -0.2) is 36.6 Å². The molecule has 112 valence electrons. The molecule has 0 amide bonds. The molecule has 0 saturated heterocycles. The summed E-state index contributed by atoms with van der Waals surface area (Å²) in [4.78, 5) is 16.8. The summed E-state index contributed by atoms with van der Waals surface area (Å²) < 4.78 is 10.4. The van der Waals surface area contributed by atoms with Crippen LogP contribution in [-0.2, 0) is 15.9 Å². The molecule has 0 spiro atoms. The fourth-order valence-corrected chi connectivity index (χ4v) is 3.07. The van der Waals surface area contributed by atoms with Gasteiger partial charge >= 0.3 is 5.97 Å². The van der Waals surface area contributed by atoms with Crippen molar-refractivity contribution in [2.45, 2.75) is 19.6 Å². The SMILES string of the molecule is COC(Cc1sc(C)nc1-c1ccccc1C(=O)O)OC. The third-order valence-corrected chi connectivity index (χ3v) is 4.09. The predicted molar refractivity (Wildman–Crippen MR) is 80.8 cm³/mol. The van der Waals surface area contributed by atoms with Crippen molar-refractivity contribution in [2.75, 3.05) is 14.2 Å². The molecule has 0 saturated carbocycles. The van der Waals surface area contributed by atoms with Gasteiger partial charge in [-0.1, -0.05) is 18.2 Å². The number of thiazole rings is 1. The van der Waals surface area contributed by atoms with E-state index in [1.165, 1.54) is 11.3 Å². The van der Waals surface area contributed by atoms with E-state index in [4.69, 9.17) is 9.47 Å². The highest BCUT2D eigenvalue weighted by molar-refractivity contribution is 7.12. The van der Waals surface area contributed by atoms with Crippen LogP contribution in [0.2, 0.25) is 0 Å². The summed E-state index contributed by atoms with van der Waals surface area (Å²) in [6, 6.07) is 6.87. The van der Waals surface area contributed by atoms with Gasteiger partial charge in [0.25, 0.3) is 0 Å². The number of hydrogen-bond donors (Lipinski definition) is 1. The largest absolute Gasteiger partial charge is 0.478 e. The van der Waals surface area contributed by atoms with Gasteiger partial charge in [-0.15, -0.1) is 11.3 Å². The Bertz CT molecular complexity index is 634. The maximum atomic E-state index is 11.4. The van der Waals surface area contributed by atoms with Gasteiger partial charge in [0.15, 0.2) is 6.29 Å². The number of carboxylic acid groups (broad SMARTS) is 1. The molecule has 2 rings (SSSR count). The molecule has 21 heavy (non-hydrogen) atoms. The highest BCUT2D eigenvalue weighted by Gasteiger charge is 2.20. The Labute approximate surface area is 127 Å². The van der Waals surface area contributed by atoms with Gasteiger partial charge in [0.1, 0.15) is 0 Å². The van der Waals surface area contributed by atoms with E-state index in [2.05, 4.69) is 4.98 Å². The third kappa shape index (κ3) is 3.47. The topological polar surface area (TPSA) is 68.7 Å². The minimum Gasteiger partial charge on any atom is -0.478 e. The minimum absolute atomic E-state index is 0.246. The highest BCUT2D eigenvalue weighted by atomic mass is 32.1. The molecule has 1 aromatic heterocycles. The second-order valence-electron chi connectivity index (χ2n) is 4.46. The Balaban J connectivity index is 2.47.